The number of rotatable bonds is 4. The van der Waals surface area contributed by atoms with Crippen molar-refractivity contribution in [1.29, 1.82) is 0 Å². The van der Waals surface area contributed by atoms with Crippen LogP contribution in [0.4, 0.5) is 0 Å². The van der Waals surface area contributed by atoms with Crippen molar-refractivity contribution in [2.75, 3.05) is 20.2 Å². The average molecular weight is 145 g/mol. The van der Waals surface area contributed by atoms with Gasteiger partial charge in [-0.25, -0.2) is 0 Å². The molecule has 0 spiro atoms. The molecule has 4 heteroatoms. The van der Waals surface area contributed by atoms with Gasteiger partial charge in [0.2, 0.25) is 0 Å². The van der Waals surface area contributed by atoms with Crippen molar-refractivity contribution >= 4 is 5.96 Å². The van der Waals surface area contributed by atoms with Gasteiger partial charge in [-0.15, -0.1) is 0 Å². The number of guanidine groups is 1. The minimum atomic E-state index is 0.241. The van der Waals surface area contributed by atoms with Crippen LogP contribution >= 0.6 is 0 Å². The van der Waals surface area contributed by atoms with Gasteiger partial charge < -0.3 is 16.2 Å². The molecule has 0 saturated heterocycles. The average Bonchev–Trinajstić information content (AvgIpc) is 1.98. The molecule has 0 radical (unpaired) electrons. The first kappa shape index (κ1) is 9.23. The molecule has 0 aliphatic carbocycles. The first-order chi connectivity index (χ1) is 4.81. The van der Waals surface area contributed by atoms with E-state index < -0.39 is 0 Å². The normalized spacial score (nSPS) is 11.6. The van der Waals surface area contributed by atoms with Crippen LogP contribution in [-0.2, 0) is 0 Å². The molecule has 10 heavy (non-hydrogen) atoms. The van der Waals surface area contributed by atoms with Crippen LogP contribution < -0.4 is 11.1 Å². The van der Waals surface area contributed by atoms with Crippen molar-refractivity contribution in [3.05, 3.63) is 0 Å². The highest BCUT2D eigenvalue weighted by Gasteiger charge is 1.87. The topological polar surface area (TPSA) is 70.6 Å². The van der Waals surface area contributed by atoms with Gasteiger partial charge in [-0.2, -0.15) is 0 Å². The first-order valence-electron chi connectivity index (χ1n) is 3.38. The van der Waals surface area contributed by atoms with Crippen LogP contribution in [0, 0.1) is 0 Å². The first-order valence-corrected chi connectivity index (χ1v) is 3.38. The Kier molecular flexibility index (Phi) is 5.86. The molecule has 0 aliphatic rings. The second-order valence-electron chi connectivity index (χ2n) is 1.97. The van der Waals surface area contributed by atoms with Crippen LogP contribution in [0.2, 0.25) is 0 Å². The van der Waals surface area contributed by atoms with Gasteiger partial charge in [0.1, 0.15) is 0 Å². The van der Waals surface area contributed by atoms with Gasteiger partial charge in [0, 0.05) is 20.2 Å². The largest absolute Gasteiger partial charge is 0.396 e. The second kappa shape index (κ2) is 6.35. The lowest BCUT2D eigenvalue weighted by Gasteiger charge is -2.02. The highest BCUT2D eigenvalue weighted by Crippen LogP contribution is 1.82. The van der Waals surface area contributed by atoms with Crippen molar-refractivity contribution in [3.63, 3.8) is 0 Å². The number of hydrogen-bond acceptors (Lipinski definition) is 2. The fourth-order valence-electron chi connectivity index (χ4n) is 0.532. The Bertz CT molecular complexity index is 103. The van der Waals surface area contributed by atoms with Gasteiger partial charge in [-0.3, -0.25) is 4.99 Å². The molecule has 0 rings (SSSR count). The summed E-state index contributed by atoms with van der Waals surface area (Å²) in [5.74, 6) is 0.456. The van der Waals surface area contributed by atoms with E-state index in [0.29, 0.717) is 5.96 Å². The Morgan fingerprint density at radius 3 is 2.80 bits per heavy atom. The third-order valence-electron chi connectivity index (χ3n) is 1.13. The maximum absolute atomic E-state index is 8.40. The third-order valence-corrected chi connectivity index (χ3v) is 1.13. The van der Waals surface area contributed by atoms with Gasteiger partial charge in [0.25, 0.3) is 0 Å². The van der Waals surface area contributed by atoms with Crippen molar-refractivity contribution < 1.29 is 5.11 Å². The molecule has 0 heterocycles. The maximum Gasteiger partial charge on any atom is 0.188 e. The second-order valence-corrected chi connectivity index (χ2v) is 1.97. The summed E-state index contributed by atoms with van der Waals surface area (Å²) in [6.07, 6.45) is 1.73. The van der Waals surface area contributed by atoms with Gasteiger partial charge in [0.15, 0.2) is 5.96 Å². The summed E-state index contributed by atoms with van der Waals surface area (Å²) < 4.78 is 0. The van der Waals surface area contributed by atoms with Crippen LogP contribution in [0.5, 0.6) is 0 Å². The SMILES string of the molecule is CN=C(N)NCCCCO. The number of hydrogen-bond donors (Lipinski definition) is 3. The summed E-state index contributed by atoms with van der Waals surface area (Å²) in [5, 5.41) is 11.3. The molecule has 4 nitrogen and oxygen atoms in total. The van der Waals surface area contributed by atoms with Gasteiger partial charge in [-0.1, -0.05) is 0 Å². The van der Waals surface area contributed by atoms with E-state index >= 15 is 0 Å². The Hall–Kier alpha value is -0.770. The van der Waals surface area contributed by atoms with Crippen LogP contribution in [-0.4, -0.2) is 31.3 Å². The molecule has 0 bridgehead atoms. The number of nitrogens with one attached hydrogen (secondary N) is 1. The summed E-state index contributed by atoms with van der Waals surface area (Å²) >= 11 is 0. The van der Waals surface area contributed by atoms with E-state index in [4.69, 9.17) is 10.8 Å². The minimum Gasteiger partial charge on any atom is -0.396 e. The highest BCUT2D eigenvalue weighted by molar-refractivity contribution is 5.77. The predicted molar refractivity (Wildman–Crippen MR) is 41.9 cm³/mol. The lowest BCUT2D eigenvalue weighted by molar-refractivity contribution is 0.285. The summed E-state index contributed by atoms with van der Waals surface area (Å²) in [6, 6.07) is 0. The quantitative estimate of drug-likeness (QED) is 0.278. The standard InChI is InChI=1S/C6H15N3O/c1-8-6(7)9-4-2-3-5-10/h10H,2-5H2,1H3,(H3,7,8,9). The van der Waals surface area contributed by atoms with E-state index in [9.17, 15) is 0 Å². The van der Waals surface area contributed by atoms with Crippen LogP contribution in [0.1, 0.15) is 12.8 Å². The maximum atomic E-state index is 8.40. The Labute approximate surface area is 61.1 Å². The highest BCUT2D eigenvalue weighted by atomic mass is 16.2. The molecule has 0 fully saturated rings. The fraction of sp³-hybridized carbons (Fsp3) is 0.833. The molecule has 60 valence electrons. The molecular formula is C6H15N3O. The summed E-state index contributed by atoms with van der Waals surface area (Å²) in [4.78, 5) is 3.71. The molecule has 0 saturated carbocycles. The van der Waals surface area contributed by atoms with Crippen molar-refractivity contribution in [2.45, 2.75) is 12.8 Å². The third kappa shape index (κ3) is 5.37. The number of aliphatic hydroxyl groups excluding tert-OH is 1. The van der Waals surface area contributed by atoms with E-state index in [1.54, 1.807) is 7.05 Å². The fourth-order valence-corrected chi connectivity index (χ4v) is 0.532. The number of aliphatic hydroxyl groups is 1. The van der Waals surface area contributed by atoms with Crippen molar-refractivity contribution in [1.82, 2.24) is 5.32 Å². The summed E-state index contributed by atoms with van der Waals surface area (Å²) in [6.45, 7) is 1.02. The lowest BCUT2D eigenvalue weighted by atomic mass is 10.3. The van der Waals surface area contributed by atoms with Gasteiger partial charge >= 0.3 is 0 Å². The molecule has 0 atom stereocenters. The Balaban J connectivity index is 3.04. The number of nitrogens with zero attached hydrogens (tertiary/aromatic N) is 1. The van der Waals surface area contributed by atoms with Crippen molar-refractivity contribution in [2.24, 2.45) is 10.7 Å². The molecule has 0 amide bonds. The van der Waals surface area contributed by atoms with E-state index in [1.165, 1.54) is 0 Å². The Morgan fingerprint density at radius 1 is 1.60 bits per heavy atom. The Morgan fingerprint density at radius 2 is 2.30 bits per heavy atom. The molecule has 0 aromatic heterocycles. The molecule has 0 aromatic rings. The summed E-state index contributed by atoms with van der Waals surface area (Å²) in [5.41, 5.74) is 5.33. The summed E-state index contributed by atoms with van der Waals surface area (Å²) in [7, 11) is 1.63. The number of unbranched alkanes of at least 4 members (excludes halogenated alkanes) is 1. The predicted octanol–water partition coefficient (Wildman–Crippen LogP) is -0.707. The number of aliphatic imine (C=N–C) groups is 1. The van der Waals surface area contributed by atoms with E-state index in [0.717, 1.165) is 19.4 Å². The zero-order valence-corrected chi connectivity index (χ0v) is 6.30. The van der Waals surface area contributed by atoms with E-state index in [-0.39, 0.29) is 6.61 Å². The number of nitrogens with two attached hydrogens (primary N) is 1. The van der Waals surface area contributed by atoms with Crippen LogP contribution in [0.25, 0.3) is 0 Å². The zero-order chi connectivity index (χ0) is 7.82. The van der Waals surface area contributed by atoms with Crippen LogP contribution in [0.15, 0.2) is 4.99 Å². The van der Waals surface area contributed by atoms with Gasteiger partial charge in [-0.05, 0) is 12.8 Å². The van der Waals surface area contributed by atoms with E-state index in [2.05, 4.69) is 10.3 Å². The minimum absolute atomic E-state index is 0.241. The molecule has 4 N–H and O–H groups in total. The van der Waals surface area contributed by atoms with Crippen molar-refractivity contribution in [3.8, 4) is 0 Å². The van der Waals surface area contributed by atoms with Crippen LogP contribution in [0.3, 0.4) is 0 Å². The van der Waals surface area contributed by atoms with Gasteiger partial charge in [0.05, 0.1) is 0 Å². The lowest BCUT2D eigenvalue weighted by Crippen LogP contribution is -2.32. The molecule has 0 aromatic carbocycles. The molecular weight excluding hydrogens is 130 g/mol. The smallest absolute Gasteiger partial charge is 0.188 e. The molecule has 0 unspecified atom stereocenters. The monoisotopic (exact) mass is 145 g/mol. The zero-order valence-electron chi connectivity index (χ0n) is 6.30. The molecule has 0 aliphatic heterocycles. The van der Waals surface area contributed by atoms with E-state index in [1.807, 2.05) is 0 Å².